The lowest BCUT2D eigenvalue weighted by Crippen LogP contribution is -2.46. The van der Waals surface area contributed by atoms with Gasteiger partial charge in [-0.1, -0.05) is 59.3 Å². The fraction of sp³-hybridized carbons (Fsp3) is 0.304. The minimum Gasteiger partial charge on any atom is -0.325 e. The van der Waals surface area contributed by atoms with Crippen molar-refractivity contribution in [2.45, 2.75) is 37.9 Å². The Bertz CT molecular complexity index is 1110. The zero-order chi connectivity index (χ0) is 21.8. The van der Waals surface area contributed by atoms with E-state index in [9.17, 15) is 10.1 Å². The largest absolute Gasteiger partial charge is 0.325 e. The van der Waals surface area contributed by atoms with Gasteiger partial charge < -0.3 is 10.6 Å². The van der Waals surface area contributed by atoms with E-state index in [1.165, 1.54) is 0 Å². The fourth-order valence-electron chi connectivity index (χ4n) is 3.84. The summed E-state index contributed by atoms with van der Waals surface area (Å²) in [5.41, 5.74) is 9.77. The summed E-state index contributed by atoms with van der Waals surface area (Å²) >= 11 is 6.22. The number of carbonyl (C=O) groups excluding carboxylic acids is 1. The van der Waals surface area contributed by atoms with E-state index in [2.05, 4.69) is 16.4 Å². The lowest BCUT2D eigenvalue weighted by molar-refractivity contribution is -0.132. The second-order valence-corrected chi connectivity index (χ2v) is 8.13. The standard InChI is InChI=1S/C23H23ClN6O.ClH/c24-20-6-2-1-4-18(20)14-29-15-22(27-28-29)17-9-7-16(8-10-17)12-21(26)23(31)30-11-3-5-19(30)13-25;/h1-2,4,6-10,15,19,21H,3,5,11-12,14,26H2;1H/t19-,21-;/m0./s1. The van der Waals surface area contributed by atoms with Gasteiger partial charge in [-0.3, -0.25) is 4.79 Å². The zero-order valence-corrected chi connectivity index (χ0v) is 19.0. The molecule has 1 saturated heterocycles. The second-order valence-electron chi connectivity index (χ2n) is 7.72. The third-order valence-corrected chi connectivity index (χ3v) is 5.90. The molecule has 32 heavy (non-hydrogen) atoms. The molecule has 2 aromatic carbocycles. The van der Waals surface area contributed by atoms with Crippen LogP contribution in [-0.2, 0) is 17.8 Å². The Hall–Kier alpha value is -2.92. The van der Waals surface area contributed by atoms with Crippen LogP contribution in [0.5, 0.6) is 0 Å². The van der Waals surface area contributed by atoms with Crippen molar-refractivity contribution in [3.8, 4) is 17.3 Å². The zero-order valence-electron chi connectivity index (χ0n) is 17.4. The first kappa shape index (κ1) is 23.7. The molecular formula is C23H24Cl2N6O. The Labute approximate surface area is 198 Å². The van der Waals surface area contributed by atoms with Gasteiger partial charge in [0.2, 0.25) is 5.91 Å². The number of nitrogens with zero attached hydrogens (tertiary/aromatic N) is 5. The van der Waals surface area contributed by atoms with E-state index in [4.69, 9.17) is 17.3 Å². The van der Waals surface area contributed by atoms with E-state index < -0.39 is 6.04 Å². The molecule has 0 spiro atoms. The van der Waals surface area contributed by atoms with Crippen LogP contribution in [0.15, 0.2) is 54.7 Å². The topological polar surface area (TPSA) is 101 Å². The van der Waals surface area contributed by atoms with Crippen molar-refractivity contribution in [3.05, 3.63) is 70.9 Å². The summed E-state index contributed by atoms with van der Waals surface area (Å²) in [6.45, 7) is 1.15. The quantitative estimate of drug-likeness (QED) is 0.594. The molecular weight excluding hydrogens is 447 g/mol. The van der Waals surface area contributed by atoms with Crippen LogP contribution in [0.4, 0.5) is 0 Å². The molecule has 0 aliphatic carbocycles. The Morgan fingerprint density at radius 3 is 2.72 bits per heavy atom. The number of halogens is 2. The lowest BCUT2D eigenvalue weighted by atomic mass is 10.0. The number of nitriles is 1. The van der Waals surface area contributed by atoms with Crippen molar-refractivity contribution < 1.29 is 4.79 Å². The second kappa shape index (κ2) is 10.6. The van der Waals surface area contributed by atoms with Crippen molar-refractivity contribution in [1.82, 2.24) is 19.9 Å². The summed E-state index contributed by atoms with van der Waals surface area (Å²) < 4.78 is 1.75. The average Bonchev–Trinajstić information content (AvgIpc) is 3.45. The molecule has 0 unspecified atom stereocenters. The van der Waals surface area contributed by atoms with Crippen LogP contribution in [0, 0.1) is 11.3 Å². The molecule has 1 aliphatic heterocycles. The Morgan fingerprint density at radius 1 is 1.25 bits per heavy atom. The van der Waals surface area contributed by atoms with Gasteiger partial charge >= 0.3 is 0 Å². The molecule has 0 radical (unpaired) electrons. The van der Waals surface area contributed by atoms with Gasteiger partial charge in [0.25, 0.3) is 0 Å². The number of benzene rings is 2. The highest BCUT2D eigenvalue weighted by molar-refractivity contribution is 6.31. The van der Waals surface area contributed by atoms with Gasteiger partial charge in [0.05, 0.1) is 24.9 Å². The van der Waals surface area contributed by atoms with E-state index >= 15 is 0 Å². The van der Waals surface area contributed by atoms with Gasteiger partial charge in [-0.2, -0.15) is 5.26 Å². The summed E-state index contributed by atoms with van der Waals surface area (Å²) in [4.78, 5) is 14.2. The molecule has 1 aliphatic rings. The van der Waals surface area contributed by atoms with Gasteiger partial charge in [-0.25, -0.2) is 4.68 Å². The number of hydrogen-bond donors (Lipinski definition) is 1. The fourth-order valence-corrected chi connectivity index (χ4v) is 4.04. The molecule has 9 heteroatoms. The van der Waals surface area contributed by atoms with Crippen molar-refractivity contribution >= 4 is 29.9 Å². The minimum absolute atomic E-state index is 0. The van der Waals surface area contributed by atoms with Crippen LogP contribution in [0.3, 0.4) is 0 Å². The summed E-state index contributed by atoms with van der Waals surface area (Å²) in [5, 5.41) is 18.3. The SMILES string of the molecule is Cl.N#C[C@@H]1CCCN1C(=O)[C@@H](N)Cc1ccc(-c2cn(Cc3ccccc3Cl)nn2)cc1. The number of carbonyl (C=O) groups is 1. The molecule has 3 aromatic rings. The Morgan fingerprint density at radius 2 is 2.00 bits per heavy atom. The van der Waals surface area contributed by atoms with E-state index in [1.54, 1.807) is 9.58 Å². The summed E-state index contributed by atoms with van der Waals surface area (Å²) in [6, 6.07) is 16.6. The maximum atomic E-state index is 12.6. The molecule has 4 rings (SSSR count). The molecule has 1 aromatic heterocycles. The van der Waals surface area contributed by atoms with Crippen molar-refractivity contribution in [2.24, 2.45) is 5.73 Å². The van der Waals surface area contributed by atoms with Crippen molar-refractivity contribution in [3.63, 3.8) is 0 Å². The van der Waals surface area contributed by atoms with Crippen LogP contribution in [0.2, 0.25) is 5.02 Å². The van der Waals surface area contributed by atoms with Crippen LogP contribution in [0.25, 0.3) is 11.3 Å². The third-order valence-electron chi connectivity index (χ3n) is 5.54. The number of aromatic nitrogens is 3. The predicted octanol–water partition coefficient (Wildman–Crippen LogP) is 3.45. The maximum Gasteiger partial charge on any atom is 0.240 e. The van der Waals surface area contributed by atoms with Gasteiger partial charge in [-0.15, -0.1) is 17.5 Å². The highest BCUT2D eigenvalue weighted by atomic mass is 35.5. The van der Waals surface area contributed by atoms with Crippen molar-refractivity contribution in [1.29, 1.82) is 5.26 Å². The van der Waals surface area contributed by atoms with E-state index in [0.29, 0.717) is 24.5 Å². The van der Waals surface area contributed by atoms with Crippen molar-refractivity contribution in [2.75, 3.05) is 6.54 Å². The molecule has 2 N–H and O–H groups in total. The Kier molecular flexibility index (Phi) is 7.86. The lowest BCUT2D eigenvalue weighted by Gasteiger charge is -2.23. The third kappa shape index (κ3) is 5.28. The highest BCUT2D eigenvalue weighted by Crippen LogP contribution is 2.21. The predicted molar refractivity (Wildman–Crippen MR) is 125 cm³/mol. The van der Waals surface area contributed by atoms with Crippen LogP contribution < -0.4 is 5.73 Å². The molecule has 1 amide bonds. The summed E-state index contributed by atoms with van der Waals surface area (Å²) in [5.74, 6) is -0.157. The molecule has 2 heterocycles. The molecule has 0 saturated carbocycles. The van der Waals surface area contributed by atoms with Gasteiger partial charge in [0.15, 0.2) is 0 Å². The smallest absolute Gasteiger partial charge is 0.240 e. The summed E-state index contributed by atoms with van der Waals surface area (Å²) in [7, 11) is 0. The first-order valence-corrected chi connectivity index (χ1v) is 10.6. The molecule has 166 valence electrons. The maximum absolute atomic E-state index is 12.6. The first-order chi connectivity index (χ1) is 15.0. The first-order valence-electron chi connectivity index (χ1n) is 10.2. The van der Waals surface area contributed by atoms with E-state index in [0.717, 1.165) is 35.2 Å². The molecule has 7 nitrogen and oxygen atoms in total. The number of rotatable bonds is 6. The molecule has 1 fully saturated rings. The highest BCUT2D eigenvalue weighted by Gasteiger charge is 2.31. The van der Waals surface area contributed by atoms with Gasteiger partial charge in [0.1, 0.15) is 11.7 Å². The Balaban J connectivity index is 0.00000289. The van der Waals surface area contributed by atoms with Gasteiger partial charge in [-0.05, 0) is 36.5 Å². The normalized spacial score (nSPS) is 16.3. The number of amides is 1. The minimum atomic E-state index is -0.656. The summed E-state index contributed by atoms with van der Waals surface area (Å²) in [6.07, 6.45) is 3.87. The van der Waals surface area contributed by atoms with E-state index in [1.807, 2.05) is 54.7 Å². The van der Waals surface area contributed by atoms with Gasteiger partial charge in [0, 0.05) is 17.1 Å². The number of hydrogen-bond acceptors (Lipinski definition) is 5. The molecule has 2 atom stereocenters. The van der Waals surface area contributed by atoms with Crippen LogP contribution in [0.1, 0.15) is 24.0 Å². The molecule has 0 bridgehead atoms. The number of likely N-dealkylation sites (tertiary alicyclic amines) is 1. The number of nitrogens with two attached hydrogens (primary N) is 1. The van der Waals surface area contributed by atoms with E-state index in [-0.39, 0.29) is 24.4 Å². The van der Waals surface area contributed by atoms with Crippen LogP contribution >= 0.6 is 24.0 Å². The average molecular weight is 471 g/mol. The monoisotopic (exact) mass is 470 g/mol. The van der Waals surface area contributed by atoms with Crippen LogP contribution in [-0.4, -0.2) is 44.4 Å².